The predicted octanol–water partition coefficient (Wildman–Crippen LogP) is 5.69. The fourth-order valence-corrected chi connectivity index (χ4v) is 6.21. The van der Waals surface area contributed by atoms with E-state index in [1.807, 2.05) is 49.4 Å². The van der Waals surface area contributed by atoms with Crippen LogP contribution >= 0.6 is 23.2 Å². The van der Waals surface area contributed by atoms with E-state index in [0.29, 0.717) is 33.7 Å². The number of carbonyl (C=O) groups excluding carboxylic acids is 2. The molecule has 0 aromatic heterocycles. The van der Waals surface area contributed by atoms with Crippen molar-refractivity contribution in [3.05, 3.63) is 93.5 Å². The molecule has 0 saturated carbocycles. The second kappa shape index (κ2) is 7.24. The van der Waals surface area contributed by atoms with Crippen LogP contribution < -0.4 is 10.1 Å². The van der Waals surface area contributed by atoms with Gasteiger partial charge in [0.15, 0.2) is 0 Å². The summed E-state index contributed by atoms with van der Waals surface area (Å²) >= 11 is 12.6. The monoisotopic (exact) mass is 478 g/mol. The van der Waals surface area contributed by atoms with E-state index in [0.717, 1.165) is 11.1 Å². The van der Waals surface area contributed by atoms with Gasteiger partial charge in [0.2, 0.25) is 0 Å². The van der Waals surface area contributed by atoms with Gasteiger partial charge in [-0.1, -0.05) is 53.5 Å². The van der Waals surface area contributed by atoms with Gasteiger partial charge in [0.05, 0.1) is 23.9 Å². The summed E-state index contributed by atoms with van der Waals surface area (Å²) in [6.45, 7) is 2.24. The van der Waals surface area contributed by atoms with E-state index in [2.05, 4.69) is 5.32 Å². The molecule has 3 aliphatic rings. The summed E-state index contributed by atoms with van der Waals surface area (Å²) in [4.78, 5) is 29.8. The number of ether oxygens (including phenoxy) is 1. The molecule has 6 rings (SSSR count). The van der Waals surface area contributed by atoms with E-state index in [1.165, 1.54) is 0 Å². The quantitative estimate of drug-likeness (QED) is 0.488. The summed E-state index contributed by atoms with van der Waals surface area (Å²) < 4.78 is 6.14. The Hall–Kier alpha value is -3.02. The average Bonchev–Trinajstić information content (AvgIpc) is 3.05. The Morgan fingerprint density at radius 2 is 1.73 bits per heavy atom. The van der Waals surface area contributed by atoms with E-state index < -0.39 is 5.54 Å². The van der Waals surface area contributed by atoms with Crippen molar-refractivity contribution in [3.8, 4) is 5.75 Å². The van der Waals surface area contributed by atoms with Gasteiger partial charge < -0.3 is 15.0 Å². The summed E-state index contributed by atoms with van der Waals surface area (Å²) in [5.74, 6) is -0.200. The number of nitrogens with one attached hydrogen (secondary N) is 1. The third kappa shape index (κ3) is 2.85. The minimum atomic E-state index is -1.16. The summed E-state index contributed by atoms with van der Waals surface area (Å²) in [5, 5.41) is 4.01. The highest BCUT2D eigenvalue weighted by Crippen LogP contribution is 2.60. The van der Waals surface area contributed by atoms with Crippen LogP contribution in [0.25, 0.3) is 0 Å². The minimum absolute atomic E-state index is 0.132. The number of anilines is 1. The highest BCUT2D eigenvalue weighted by atomic mass is 35.5. The lowest BCUT2D eigenvalue weighted by molar-refractivity contribution is -0.125. The first-order valence-electron chi connectivity index (χ1n) is 10.8. The minimum Gasteiger partial charge on any atom is -0.493 e. The Morgan fingerprint density at radius 3 is 2.52 bits per heavy atom. The second-order valence-corrected chi connectivity index (χ2v) is 9.83. The molecule has 3 aromatic rings. The number of fused-ring (bicyclic) bond motifs is 6. The molecule has 3 heterocycles. The molecule has 1 saturated heterocycles. The van der Waals surface area contributed by atoms with E-state index in [-0.39, 0.29) is 29.7 Å². The molecule has 3 aromatic carbocycles. The van der Waals surface area contributed by atoms with Crippen LogP contribution in [0, 0.1) is 5.92 Å². The first-order valence-corrected chi connectivity index (χ1v) is 11.6. The maximum atomic E-state index is 14.1. The average molecular weight is 479 g/mol. The Morgan fingerprint density at radius 1 is 1.00 bits per heavy atom. The molecule has 0 aliphatic carbocycles. The number of amides is 2. The molecule has 4 atom stereocenters. The summed E-state index contributed by atoms with van der Waals surface area (Å²) in [6.07, 6.45) is 0. The summed E-state index contributed by atoms with van der Waals surface area (Å²) in [7, 11) is 0. The van der Waals surface area contributed by atoms with Crippen LogP contribution in [-0.2, 0) is 4.79 Å². The van der Waals surface area contributed by atoms with Crippen LogP contribution in [-0.4, -0.2) is 28.9 Å². The van der Waals surface area contributed by atoms with Gasteiger partial charge in [-0.25, -0.2) is 0 Å². The molecule has 3 aliphatic heterocycles. The number of carbonyl (C=O) groups is 2. The highest BCUT2D eigenvalue weighted by Gasteiger charge is 2.65. The Balaban J connectivity index is 1.63. The van der Waals surface area contributed by atoms with E-state index in [1.54, 1.807) is 29.2 Å². The maximum absolute atomic E-state index is 14.1. The molecule has 0 bridgehead atoms. The molecule has 5 nitrogen and oxygen atoms in total. The van der Waals surface area contributed by atoms with Crippen molar-refractivity contribution >= 4 is 40.7 Å². The molecular weight excluding hydrogens is 459 g/mol. The third-order valence-corrected chi connectivity index (χ3v) is 7.71. The molecule has 3 unspecified atom stereocenters. The maximum Gasteiger partial charge on any atom is 0.257 e. The van der Waals surface area contributed by atoms with E-state index in [9.17, 15) is 9.59 Å². The van der Waals surface area contributed by atoms with Gasteiger partial charge in [0.25, 0.3) is 11.8 Å². The lowest BCUT2D eigenvalue weighted by Crippen LogP contribution is -2.54. The summed E-state index contributed by atoms with van der Waals surface area (Å²) in [6, 6.07) is 19.9. The lowest BCUT2D eigenvalue weighted by atomic mass is 9.73. The Bertz CT molecular complexity index is 1310. The van der Waals surface area contributed by atoms with Crippen molar-refractivity contribution in [2.24, 2.45) is 5.92 Å². The summed E-state index contributed by atoms with van der Waals surface area (Å²) in [5.41, 5.74) is 1.49. The van der Waals surface area contributed by atoms with Crippen molar-refractivity contribution in [3.63, 3.8) is 0 Å². The van der Waals surface area contributed by atoms with Gasteiger partial charge >= 0.3 is 0 Å². The molecule has 33 heavy (non-hydrogen) atoms. The van der Waals surface area contributed by atoms with Gasteiger partial charge in [-0.05, 0) is 48.9 Å². The largest absolute Gasteiger partial charge is 0.493 e. The first kappa shape index (κ1) is 20.6. The highest BCUT2D eigenvalue weighted by molar-refractivity contribution is 6.31. The number of hydrogen-bond acceptors (Lipinski definition) is 3. The van der Waals surface area contributed by atoms with Crippen LogP contribution in [0.4, 0.5) is 5.69 Å². The predicted molar refractivity (Wildman–Crippen MR) is 127 cm³/mol. The molecule has 1 fully saturated rings. The zero-order valence-electron chi connectivity index (χ0n) is 17.7. The lowest BCUT2D eigenvalue weighted by Gasteiger charge is -2.38. The standard InChI is InChI=1S/C26H20Cl2N2O3/c1-26-22(14-5-3-2-4-6-14)19-13-33-21-10-8-15(27)11-18(21)23(19)30(26)24(31)17-9-7-16(28)12-20(17)29-25(26)32/h2-12,19,22-23H,13H2,1H3,(H,29,32)/t19?,22?,23?,26-/m1/s1. The number of benzene rings is 3. The van der Waals surface area contributed by atoms with Crippen molar-refractivity contribution in [2.75, 3.05) is 11.9 Å². The molecule has 0 radical (unpaired) electrons. The van der Waals surface area contributed by atoms with Gasteiger partial charge in [-0.15, -0.1) is 0 Å². The van der Waals surface area contributed by atoms with E-state index in [4.69, 9.17) is 27.9 Å². The molecule has 0 spiro atoms. The molecule has 7 heteroatoms. The smallest absolute Gasteiger partial charge is 0.257 e. The fourth-order valence-electron chi connectivity index (χ4n) is 5.86. The Kier molecular flexibility index (Phi) is 4.51. The molecule has 166 valence electrons. The Labute approximate surface area is 201 Å². The number of rotatable bonds is 1. The topological polar surface area (TPSA) is 58.6 Å². The second-order valence-electron chi connectivity index (χ2n) is 8.96. The van der Waals surface area contributed by atoms with Crippen LogP contribution in [0.5, 0.6) is 5.75 Å². The van der Waals surface area contributed by atoms with Gasteiger partial charge in [-0.3, -0.25) is 9.59 Å². The normalized spacial score (nSPS) is 27.5. The first-order chi connectivity index (χ1) is 15.9. The van der Waals surface area contributed by atoms with Crippen LogP contribution in [0.2, 0.25) is 10.0 Å². The zero-order chi connectivity index (χ0) is 22.9. The SMILES string of the molecule is C[C@@]12C(=O)Nc3cc(Cl)ccc3C(=O)N1C1c3cc(Cl)ccc3OCC1C2c1ccccc1. The van der Waals surface area contributed by atoms with Gasteiger partial charge in [0.1, 0.15) is 11.3 Å². The van der Waals surface area contributed by atoms with Gasteiger partial charge in [-0.2, -0.15) is 0 Å². The fraction of sp³-hybridized carbons (Fsp3) is 0.231. The van der Waals surface area contributed by atoms with Crippen LogP contribution in [0.3, 0.4) is 0 Å². The molecule has 2 amide bonds. The molecular formula is C26H20Cl2N2O3. The van der Waals surface area contributed by atoms with Crippen molar-refractivity contribution in [1.29, 1.82) is 0 Å². The number of hydrogen-bond donors (Lipinski definition) is 1. The number of halogens is 2. The third-order valence-electron chi connectivity index (χ3n) is 7.24. The van der Waals surface area contributed by atoms with E-state index >= 15 is 0 Å². The van der Waals surface area contributed by atoms with Gasteiger partial charge in [0, 0.05) is 27.4 Å². The molecule has 1 N–H and O–H groups in total. The number of nitrogens with zero attached hydrogens (tertiary/aromatic N) is 1. The zero-order valence-corrected chi connectivity index (χ0v) is 19.2. The van der Waals surface area contributed by atoms with Crippen molar-refractivity contribution < 1.29 is 14.3 Å². The van der Waals surface area contributed by atoms with Crippen LogP contribution in [0.1, 0.15) is 40.4 Å². The van der Waals surface area contributed by atoms with Crippen molar-refractivity contribution in [2.45, 2.75) is 24.4 Å². The van der Waals surface area contributed by atoms with Crippen molar-refractivity contribution in [1.82, 2.24) is 4.90 Å². The van der Waals surface area contributed by atoms with Crippen LogP contribution in [0.15, 0.2) is 66.7 Å².